The molecule has 0 saturated carbocycles. The summed E-state index contributed by atoms with van der Waals surface area (Å²) in [6.07, 6.45) is 0.275. The summed E-state index contributed by atoms with van der Waals surface area (Å²) in [5.74, 6) is -0.840. The second-order valence-electron chi connectivity index (χ2n) is 4.09. The Kier molecular flexibility index (Phi) is 3.14. The van der Waals surface area contributed by atoms with Gasteiger partial charge in [-0.25, -0.2) is 14.2 Å². The number of hydrogen-bond acceptors (Lipinski definition) is 2. The van der Waals surface area contributed by atoms with Crippen molar-refractivity contribution in [3.8, 4) is 0 Å². The maximum absolute atomic E-state index is 13.5. The highest BCUT2D eigenvalue weighted by Crippen LogP contribution is 2.15. The molecule has 0 fully saturated rings. The number of carbonyl (C=O) groups is 1. The molecule has 0 radical (unpaired) electrons. The predicted octanol–water partition coefficient (Wildman–Crippen LogP) is 2.16. The Labute approximate surface area is 104 Å². The minimum absolute atomic E-state index is 0.0174. The summed E-state index contributed by atoms with van der Waals surface area (Å²) in [6, 6.07) is 6.40. The number of benzene rings is 1. The third-order valence-corrected chi connectivity index (χ3v) is 2.98. The molecule has 0 aliphatic rings. The van der Waals surface area contributed by atoms with E-state index in [0.29, 0.717) is 17.1 Å². The van der Waals surface area contributed by atoms with Crippen molar-refractivity contribution in [1.82, 2.24) is 9.55 Å². The van der Waals surface area contributed by atoms with Crippen LogP contribution in [0.3, 0.4) is 0 Å². The molecule has 0 amide bonds. The average molecular weight is 248 g/mol. The predicted molar refractivity (Wildman–Crippen MR) is 64.1 cm³/mol. The van der Waals surface area contributed by atoms with Crippen LogP contribution in [0.25, 0.3) is 0 Å². The first kappa shape index (κ1) is 12.3. The van der Waals surface area contributed by atoms with Crippen LogP contribution in [0, 0.1) is 12.7 Å². The zero-order valence-electron chi connectivity index (χ0n) is 10.1. The van der Waals surface area contributed by atoms with Gasteiger partial charge in [0.1, 0.15) is 11.6 Å². The first-order valence-corrected chi connectivity index (χ1v) is 5.49. The summed E-state index contributed by atoms with van der Waals surface area (Å²) in [5.41, 5.74) is 1.08. The van der Waals surface area contributed by atoms with Gasteiger partial charge >= 0.3 is 5.97 Å². The lowest BCUT2D eigenvalue weighted by Gasteiger charge is -2.04. The van der Waals surface area contributed by atoms with Gasteiger partial charge in [0, 0.05) is 19.2 Å². The quantitative estimate of drug-likeness (QED) is 0.905. The van der Waals surface area contributed by atoms with Crippen molar-refractivity contribution >= 4 is 5.97 Å². The molecule has 1 aromatic carbocycles. The zero-order valence-corrected chi connectivity index (χ0v) is 10.1. The second-order valence-corrected chi connectivity index (χ2v) is 4.09. The molecule has 0 spiro atoms. The Hall–Kier alpha value is -2.17. The van der Waals surface area contributed by atoms with Crippen molar-refractivity contribution in [2.75, 3.05) is 0 Å². The van der Waals surface area contributed by atoms with Gasteiger partial charge in [0.2, 0.25) is 0 Å². The summed E-state index contributed by atoms with van der Waals surface area (Å²) in [7, 11) is 1.73. The molecule has 0 aliphatic carbocycles. The van der Waals surface area contributed by atoms with Gasteiger partial charge in [0.05, 0.1) is 0 Å². The Bertz CT molecular complexity index is 605. The van der Waals surface area contributed by atoms with E-state index >= 15 is 0 Å². The number of hydrogen-bond donors (Lipinski definition) is 1. The Morgan fingerprint density at radius 2 is 2.11 bits per heavy atom. The van der Waals surface area contributed by atoms with Gasteiger partial charge in [-0.2, -0.15) is 0 Å². The van der Waals surface area contributed by atoms with Gasteiger partial charge in [0.25, 0.3) is 0 Å². The number of carboxylic acid groups (broad SMARTS) is 1. The van der Waals surface area contributed by atoms with Crippen molar-refractivity contribution < 1.29 is 14.3 Å². The molecule has 94 valence electrons. The largest absolute Gasteiger partial charge is 0.476 e. The van der Waals surface area contributed by atoms with Gasteiger partial charge < -0.3 is 9.67 Å². The minimum atomic E-state index is -1.07. The highest BCUT2D eigenvalue weighted by molar-refractivity contribution is 5.86. The number of rotatable bonds is 3. The smallest absolute Gasteiger partial charge is 0.356 e. The number of aromatic nitrogens is 2. The topological polar surface area (TPSA) is 55.1 Å². The molecule has 1 N–H and O–H groups in total. The van der Waals surface area contributed by atoms with E-state index in [1.165, 1.54) is 6.07 Å². The standard InChI is InChI=1S/C13H13FN2O2/c1-8-12(13(17)18)15-11(16(8)2)7-9-5-3-4-6-10(9)14/h3-6H,7H2,1-2H3,(H,17,18). The molecule has 4 nitrogen and oxygen atoms in total. The van der Waals surface area contributed by atoms with Crippen LogP contribution in [0.4, 0.5) is 4.39 Å². The fourth-order valence-corrected chi connectivity index (χ4v) is 1.81. The monoisotopic (exact) mass is 248 g/mol. The Balaban J connectivity index is 2.39. The average Bonchev–Trinajstić information content (AvgIpc) is 2.60. The van der Waals surface area contributed by atoms with Crippen LogP contribution in [-0.2, 0) is 13.5 Å². The van der Waals surface area contributed by atoms with Crippen LogP contribution >= 0.6 is 0 Å². The molecule has 0 unspecified atom stereocenters. The fraction of sp³-hybridized carbons (Fsp3) is 0.231. The lowest BCUT2D eigenvalue weighted by atomic mass is 10.1. The lowest BCUT2D eigenvalue weighted by molar-refractivity contribution is 0.0690. The van der Waals surface area contributed by atoms with E-state index in [4.69, 9.17) is 5.11 Å². The van der Waals surface area contributed by atoms with Gasteiger partial charge in [-0.1, -0.05) is 18.2 Å². The lowest BCUT2D eigenvalue weighted by Crippen LogP contribution is -2.02. The van der Waals surface area contributed by atoms with Crippen LogP contribution in [0.15, 0.2) is 24.3 Å². The number of nitrogens with zero attached hydrogens (tertiary/aromatic N) is 2. The van der Waals surface area contributed by atoms with Crippen LogP contribution in [0.1, 0.15) is 27.6 Å². The van der Waals surface area contributed by atoms with Crippen molar-refractivity contribution in [2.24, 2.45) is 7.05 Å². The minimum Gasteiger partial charge on any atom is -0.476 e. The van der Waals surface area contributed by atoms with Gasteiger partial charge in [-0.05, 0) is 18.6 Å². The van der Waals surface area contributed by atoms with Crippen LogP contribution in [0.2, 0.25) is 0 Å². The first-order valence-electron chi connectivity index (χ1n) is 5.49. The molecular weight excluding hydrogens is 235 g/mol. The third kappa shape index (κ3) is 2.11. The van der Waals surface area contributed by atoms with Crippen LogP contribution in [-0.4, -0.2) is 20.6 Å². The van der Waals surface area contributed by atoms with E-state index in [1.807, 2.05) is 0 Å². The van der Waals surface area contributed by atoms with E-state index < -0.39 is 5.97 Å². The van der Waals surface area contributed by atoms with Gasteiger partial charge in [-0.3, -0.25) is 0 Å². The SMILES string of the molecule is Cc1c(C(=O)O)nc(Cc2ccccc2F)n1C. The van der Waals surface area contributed by atoms with E-state index in [-0.39, 0.29) is 17.9 Å². The second kappa shape index (κ2) is 4.60. The fourth-order valence-electron chi connectivity index (χ4n) is 1.81. The number of halogens is 1. The zero-order chi connectivity index (χ0) is 13.3. The normalized spacial score (nSPS) is 10.6. The summed E-state index contributed by atoms with van der Waals surface area (Å²) in [5, 5.41) is 8.97. The number of imidazole rings is 1. The molecule has 1 heterocycles. The summed E-state index contributed by atoms with van der Waals surface area (Å²) >= 11 is 0. The Morgan fingerprint density at radius 3 is 2.67 bits per heavy atom. The molecule has 0 saturated heterocycles. The molecule has 18 heavy (non-hydrogen) atoms. The van der Waals surface area contributed by atoms with Crippen molar-refractivity contribution in [3.05, 3.63) is 52.9 Å². The number of aromatic carboxylic acids is 1. The van der Waals surface area contributed by atoms with Crippen molar-refractivity contribution in [1.29, 1.82) is 0 Å². The van der Waals surface area contributed by atoms with Crippen molar-refractivity contribution in [2.45, 2.75) is 13.3 Å². The summed E-state index contributed by atoms with van der Waals surface area (Å²) in [4.78, 5) is 15.0. The molecule has 0 aliphatic heterocycles. The van der Waals surface area contributed by atoms with Crippen molar-refractivity contribution in [3.63, 3.8) is 0 Å². The summed E-state index contributed by atoms with van der Waals surface area (Å²) in [6.45, 7) is 1.68. The van der Waals surface area contributed by atoms with Gasteiger partial charge in [-0.15, -0.1) is 0 Å². The molecule has 2 aromatic rings. The molecule has 0 atom stereocenters. The van der Waals surface area contributed by atoms with Crippen LogP contribution in [0.5, 0.6) is 0 Å². The van der Waals surface area contributed by atoms with E-state index in [1.54, 1.807) is 36.7 Å². The molecule has 0 bridgehead atoms. The molecule has 1 aromatic heterocycles. The molecule has 5 heteroatoms. The highest BCUT2D eigenvalue weighted by atomic mass is 19.1. The first-order chi connectivity index (χ1) is 8.50. The number of carboxylic acids is 1. The van der Waals surface area contributed by atoms with Gasteiger partial charge in [0.15, 0.2) is 5.69 Å². The molecule has 2 rings (SSSR count). The third-order valence-electron chi connectivity index (χ3n) is 2.98. The summed E-state index contributed by atoms with van der Waals surface area (Å²) < 4.78 is 15.2. The maximum atomic E-state index is 13.5. The Morgan fingerprint density at radius 1 is 1.44 bits per heavy atom. The van der Waals surface area contributed by atoms with E-state index in [9.17, 15) is 9.18 Å². The van der Waals surface area contributed by atoms with E-state index in [2.05, 4.69) is 4.98 Å². The van der Waals surface area contributed by atoms with E-state index in [0.717, 1.165) is 0 Å². The molecular formula is C13H13FN2O2. The maximum Gasteiger partial charge on any atom is 0.356 e. The highest BCUT2D eigenvalue weighted by Gasteiger charge is 2.17. The van der Waals surface area contributed by atoms with Crippen LogP contribution < -0.4 is 0 Å².